The van der Waals surface area contributed by atoms with Crippen LogP contribution in [0, 0.1) is 0 Å². The van der Waals surface area contributed by atoms with E-state index in [0.29, 0.717) is 19.0 Å². The predicted octanol–water partition coefficient (Wildman–Crippen LogP) is 4.88. The number of nitrogens with zero attached hydrogens (tertiary/aromatic N) is 3. The summed E-state index contributed by atoms with van der Waals surface area (Å²) in [5.74, 6) is -0.681. The fourth-order valence-electron chi connectivity index (χ4n) is 4.74. The molecule has 2 heterocycles. The van der Waals surface area contributed by atoms with Gasteiger partial charge in [0.25, 0.3) is 5.91 Å². The zero-order valence-corrected chi connectivity index (χ0v) is 24.9. The van der Waals surface area contributed by atoms with Crippen LogP contribution < -0.4 is 19.1 Å². The Labute approximate surface area is 249 Å². The Balaban J connectivity index is 1.35. The molecule has 0 aliphatic carbocycles. The van der Waals surface area contributed by atoms with E-state index in [0.717, 1.165) is 60.9 Å². The number of aromatic nitrogens is 1. The van der Waals surface area contributed by atoms with Crippen molar-refractivity contribution >= 4 is 21.6 Å². The Kier molecular flexibility index (Phi) is 10.5. The zero-order valence-electron chi connectivity index (χ0n) is 24.1. The highest BCUT2D eigenvalue weighted by Crippen LogP contribution is 2.29. The minimum atomic E-state index is -4.63. The van der Waals surface area contributed by atoms with Crippen molar-refractivity contribution in [1.82, 2.24) is 14.6 Å². The summed E-state index contributed by atoms with van der Waals surface area (Å²) in [5.41, 5.74) is 3.95. The van der Waals surface area contributed by atoms with Gasteiger partial charge in [-0.2, -0.15) is 13.2 Å². The van der Waals surface area contributed by atoms with E-state index in [4.69, 9.17) is 9.47 Å². The Morgan fingerprint density at radius 1 is 0.907 bits per heavy atom. The Morgan fingerprint density at radius 2 is 1.56 bits per heavy atom. The fraction of sp³-hybridized carbons (Fsp3) is 0.400. The van der Waals surface area contributed by atoms with E-state index in [1.165, 1.54) is 12.1 Å². The van der Waals surface area contributed by atoms with Crippen LogP contribution in [0.1, 0.15) is 36.2 Å². The summed E-state index contributed by atoms with van der Waals surface area (Å²) in [6, 6.07) is 14.5. The monoisotopic (exact) mass is 620 g/mol. The SMILES string of the molecule is CCOc1cncc(-c2cc(CN3CCN(c4ccc(C(=O)NS(=O)(=O)CCC(F)(F)F)cc4)CC3)cc(OCC)c2)c1. The standard InChI is InChI=1S/C30H35F3N4O5S/c1-3-41-27-16-22(15-24(17-27)25-18-28(42-4-2)20-34-19-25)21-36-10-12-37(13-11-36)26-7-5-23(6-8-26)29(38)35-43(39,40)14-9-30(31,32)33/h5-8,15-20H,3-4,9-14,21H2,1-2H3,(H,35,38). The zero-order chi connectivity index (χ0) is 31.0. The number of hydrogen-bond acceptors (Lipinski definition) is 8. The van der Waals surface area contributed by atoms with Crippen molar-refractivity contribution in [2.45, 2.75) is 33.0 Å². The number of alkyl halides is 3. The number of pyridine rings is 1. The first-order valence-corrected chi connectivity index (χ1v) is 15.6. The topological polar surface area (TPSA) is 101 Å². The van der Waals surface area contributed by atoms with Gasteiger partial charge in [0.05, 0.1) is 31.6 Å². The minimum absolute atomic E-state index is 0.0462. The lowest BCUT2D eigenvalue weighted by atomic mass is 10.0. The van der Waals surface area contributed by atoms with E-state index in [9.17, 15) is 26.4 Å². The largest absolute Gasteiger partial charge is 0.494 e. The summed E-state index contributed by atoms with van der Waals surface area (Å²) >= 11 is 0. The second kappa shape index (κ2) is 14.1. The van der Waals surface area contributed by atoms with E-state index in [1.807, 2.05) is 32.0 Å². The lowest BCUT2D eigenvalue weighted by Crippen LogP contribution is -2.46. The first kappa shape index (κ1) is 32.1. The van der Waals surface area contributed by atoms with Gasteiger partial charge in [-0.05, 0) is 73.5 Å². The maximum absolute atomic E-state index is 12.4. The highest BCUT2D eigenvalue weighted by molar-refractivity contribution is 7.90. The molecule has 4 rings (SSSR count). The van der Waals surface area contributed by atoms with Gasteiger partial charge in [-0.3, -0.25) is 14.7 Å². The van der Waals surface area contributed by atoms with Crippen molar-refractivity contribution in [2.24, 2.45) is 0 Å². The molecule has 0 atom stereocenters. The summed E-state index contributed by atoms with van der Waals surface area (Å²) in [6.07, 6.45) is -2.67. The van der Waals surface area contributed by atoms with Crippen LogP contribution in [0.3, 0.4) is 0 Å². The van der Waals surface area contributed by atoms with Crippen LogP contribution in [-0.4, -0.2) is 75.5 Å². The first-order valence-electron chi connectivity index (χ1n) is 14.0. The third kappa shape index (κ3) is 9.58. The van der Waals surface area contributed by atoms with Crippen LogP contribution in [0.25, 0.3) is 11.1 Å². The molecule has 1 aliphatic heterocycles. The number of anilines is 1. The molecule has 43 heavy (non-hydrogen) atoms. The van der Waals surface area contributed by atoms with E-state index in [-0.39, 0.29) is 5.56 Å². The van der Waals surface area contributed by atoms with E-state index in [2.05, 4.69) is 20.9 Å². The first-order chi connectivity index (χ1) is 20.4. The Bertz CT molecular complexity index is 1490. The summed E-state index contributed by atoms with van der Waals surface area (Å²) in [6.45, 7) is 8.74. The molecule has 3 aromatic rings. The number of hydrogen-bond donors (Lipinski definition) is 1. The molecule has 0 saturated carbocycles. The molecule has 1 aromatic heterocycles. The van der Waals surface area contributed by atoms with Gasteiger partial charge in [0.1, 0.15) is 11.5 Å². The maximum atomic E-state index is 12.4. The molecule has 1 saturated heterocycles. The summed E-state index contributed by atoms with van der Waals surface area (Å²) in [4.78, 5) is 21.1. The number of amides is 1. The normalized spacial score (nSPS) is 14.4. The number of piperazine rings is 1. The lowest BCUT2D eigenvalue weighted by molar-refractivity contribution is -0.130. The molecule has 9 nitrogen and oxygen atoms in total. The highest BCUT2D eigenvalue weighted by atomic mass is 32.2. The average Bonchev–Trinajstić information content (AvgIpc) is 2.97. The van der Waals surface area contributed by atoms with Gasteiger partial charge in [0.2, 0.25) is 10.0 Å². The van der Waals surface area contributed by atoms with Crippen LogP contribution >= 0.6 is 0 Å². The number of nitrogens with one attached hydrogen (secondary N) is 1. The number of carbonyl (C=O) groups is 1. The van der Waals surface area contributed by atoms with Crippen LogP contribution in [0.5, 0.6) is 11.5 Å². The van der Waals surface area contributed by atoms with Crippen molar-refractivity contribution in [3.8, 4) is 22.6 Å². The summed E-state index contributed by atoms with van der Waals surface area (Å²) in [7, 11) is -4.41. The van der Waals surface area contributed by atoms with Gasteiger partial charge in [-0.1, -0.05) is 0 Å². The van der Waals surface area contributed by atoms with Crippen molar-refractivity contribution in [1.29, 1.82) is 0 Å². The van der Waals surface area contributed by atoms with Gasteiger partial charge < -0.3 is 14.4 Å². The molecule has 2 aromatic carbocycles. The molecule has 0 spiro atoms. The molecular weight excluding hydrogens is 585 g/mol. The van der Waals surface area contributed by atoms with E-state index < -0.39 is 34.3 Å². The van der Waals surface area contributed by atoms with Gasteiger partial charge in [0, 0.05) is 55.7 Å². The molecule has 0 radical (unpaired) electrons. The molecule has 1 aliphatic rings. The van der Waals surface area contributed by atoms with E-state index >= 15 is 0 Å². The second-order valence-electron chi connectivity index (χ2n) is 10.1. The third-order valence-electron chi connectivity index (χ3n) is 6.81. The number of benzene rings is 2. The molecule has 13 heteroatoms. The molecule has 0 unspecified atom stereocenters. The van der Waals surface area contributed by atoms with Crippen LogP contribution in [0.2, 0.25) is 0 Å². The quantitative estimate of drug-likeness (QED) is 0.306. The molecule has 1 N–H and O–H groups in total. The van der Waals surface area contributed by atoms with Gasteiger partial charge >= 0.3 is 6.18 Å². The maximum Gasteiger partial charge on any atom is 0.390 e. The average molecular weight is 621 g/mol. The minimum Gasteiger partial charge on any atom is -0.494 e. The number of sulfonamides is 1. The molecule has 0 bridgehead atoms. The summed E-state index contributed by atoms with van der Waals surface area (Å²) in [5, 5.41) is 0. The van der Waals surface area contributed by atoms with Crippen molar-refractivity contribution in [3.63, 3.8) is 0 Å². The molecular formula is C30H35F3N4O5S. The lowest BCUT2D eigenvalue weighted by Gasteiger charge is -2.36. The van der Waals surface area contributed by atoms with Crippen LogP contribution in [0.15, 0.2) is 60.9 Å². The number of carbonyl (C=O) groups excluding carboxylic acids is 1. The molecule has 232 valence electrons. The molecule has 1 fully saturated rings. The second-order valence-corrected chi connectivity index (χ2v) is 11.9. The molecule has 1 amide bonds. The predicted molar refractivity (Wildman–Crippen MR) is 158 cm³/mol. The third-order valence-corrected chi connectivity index (χ3v) is 8.05. The number of halogens is 3. The highest BCUT2D eigenvalue weighted by Gasteiger charge is 2.30. The van der Waals surface area contributed by atoms with Gasteiger partial charge in [-0.15, -0.1) is 0 Å². The van der Waals surface area contributed by atoms with Crippen molar-refractivity contribution in [3.05, 3.63) is 72.1 Å². The van der Waals surface area contributed by atoms with Gasteiger partial charge in [0.15, 0.2) is 0 Å². The fourth-order valence-corrected chi connectivity index (χ4v) is 5.74. The van der Waals surface area contributed by atoms with Crippen molar-refractivity contribution in [2.75, 3.05) is 50.0 Å². The Hall–Kier alpha value is -3.84. The number of rotatable bonds is 12. The van der Waals surface area contributed by atoms with E-state index in [1.54, 1.807) is 29.2 Å². The number of ether oxygens (including phenoxy) is 2. The smallest absolute Gasteiger partial charge is 0.390 e. The van der Waals surface area contributed by atoms with Gasteiger partial charge in [-0.25, -0.2) is 13.1 Å². The Morgan fingerprint density at radius 3 is 2.21 bits per heavy atom. The summed E-state index contributed by atoms with van der Waals surface area (Å²) < 4.78 is 74.0. The van der Waals surface area contributed by atoms with Crippen molar-refractivity contribution < 1.29 is 35.9 Å². The van der Waals surface area contributed by atoms with Crippen LogP contribution in [0.4, 0.5) is 18.9 Å². The van der Waals surface area contributed by atoms with Crippen LogP contribution in [-0.2, 0) is 16.6 Å².